The van der Waals surface area contributed by atoms with Gasteiger partial charge in [0.2, 0.25) is 5.91 Å². The van der Waals surface area contributed by atoms with Gasteiger partial charge >= 0.3 is 0 Å². The first-order valence-electron chi connectivity index (χ1n) is 11.2. The number of benzene rings is 2. The number of thiophene rings is 1. The molecule has 8 heteroatoms. The van der Waals surface area contributed by atoms with Crippen molar-refractivity contribution >= 4 is 28.8 Å². The topological polar surface area (TPSA) is 68.3 Å². The summed E-state index contributed by atoms with van der Waals surface area (Å²) in [6.07, 6.45) is -0.635. The van der Waals surface area contributed by atoms with E-state index in [1.807, 2.05) is 60.8 Å². The molecule has 34 heavy (non-hydrogen) atoms. The second kappa shape index (κ2) is 10.6. The summed E-state index contributed by atoms with van der Waals surface area (Å²) in [7, 11) is 1.60. The van der Waals surface area contributed by atoms with E-state index in [2.05, 4.69) is 0 Å². The SMILES string of the molecule is CCN(Cc1ccc(OCc2cccs2)c(OC)c1)C(=O)CN1C(=O)C(C)Oc2ccccc21. The lowest BCUT2D eigenvalue weighted by Gasteiger charge is -2.34. The average Bonchev–Trinajstić information content (AvgIpc) is 3.38. The van der Waals surface area contributed by atoms with E-state index < -0.39 is 6.10 Å². The number of hydrogen-bond acceptors (Lipinski definition) is 6. The van der Waals surface area contributed by atoms with Crippen LogP contribution in [0.4, 0.5) is 5.69 Å². The fourth-order valence-corrected chi connectivity index (χ4v) is 4.44. The summed E-state index contributed by atoms with van der Waals surface area (Å²) in [5.41, 5.74) is 1.53. The van der Waals surface area contributed by atoms with E-state index in [1.165, 1.54) is 4.90 Å². The van der Waals surface area contributed by atoms with Crippen LogP contribution in [0.5, 0.6) is 17.2 Å². The number of rotatable bonds is 9. The predicted octanol–water partition coefficient (Wildman–Crippen LogP) is 4.50. The Morgan fingerprint density at radius 3 is 2.71 bits per heavy atom. The third-order valence-corrected chi connectivity index (χ3v) is 6.50. The molecule has 0 radical (unpaired) electrons. The number of nitrogens with zero attached hydrogens (tertiary/aromatic N) is 2. The third kappa shape index (κ3) is 5.17. The van der Waals surface area contributed by atoms with Gasteiger partial charge in [-0.1, -0.05) is 24.3 Å². The van der Waals surface area contributed by atoms with E-state index in [0.29, 0.717) is 42.6 Å². The zero-order chi connectivity index (χ0) is 24.1. The van der Waals surface area contributed by atoms with Gasteiger partial charge < -0.3 is 19.1 Å². The number of fused-ring (bicyclic) bond motifs is 1. The smallest absolute Gasteiger partial charge is 0.268 e. The zero-order valence-electron chi connectivity index (χ0n) is 19.5. The van der Waals surface area contributed by atoms with E-state index in [0.717, 1.165) is 10.4 Å². The number of methoxy groups -OCH3 is 1. The first-order valence-corrected chi connectivity index (χ1v) is 12.0. The second-order valence-electron chi connectivity index (χ2n) is 7.91. The fourth-order valence-electron chi connectivity index (χ4n) is 3.83. The van der Waals surface area contributed by atoms with Gasteiger partial charge in [0.25, 0.3) is 5.91 Å². The Morgan fingerprint density at radius 2 is 1.97 bits per heavy atom. The van der Waals surface area contributed by atoms with Crippen molar-refractivity contribution in [3.05, 3.63) is 70.4 Å². The molecule has 0 bridgehead atoms. The maximum absolute atomic E-state index is 13.2. The van der Waals surface area contributed by atoms with Crippen molar-refractivity contribution in [2.75, 3.05) is 25.1 Å². The molecule has 0 saturated carbocycles. The molecule has 0 aliphatic carbocycles. The third-order valence-electron chi connectivity index (χ3n) is 5.65. The Bertz CT molecular complexity index is 1150. The number of para-hydroxylation sites is 2. The minimum absolute atomic E-state index is 0.0451. The van der Waals surface area contributed by atoms with Gasteiger partial charge in [-0.15, -0.1) is 11.3 Å². The van der Waals surface area contributed by atoms with E-state index in [1.54, 1.807) is 36.3 Å². The number of carbonyl (C=O) groups is 2. The largest absolute Gasteiger partial charge is 0.493 e. The second-order valence-corrected chi connectivity index (χ2v) is 8.95. The van der Waals surface area contributed by atoms with E-state index >= 15 is 0 Å². The molecule has 7 nitrogen and oxygen atoms in total. The Kier molecular flexibility index (Phi) is 7.37. The Morgan fingerprint density at radius 1 is 1.15 bits per heavy atom. The van der Waals surface area contributed by atoms with Crippen molar-refractivity contribution in [3.8, 4) is 17.2 Å². The lowest BCUT2D eigenvalue weighted by Crippen LogP contribution is -2.49. The van der Waals surface area contributed by atoms with Gasteiger partial charge in [-0.25, -0.2) is 0 Å². The molecular formula is C26H28N2O5S. The molecule has 1 aliphatic heterocycles. The number of likely N-dealkylation sites (N-methyl/N-ethyl adjacent to an activating group) is 1. The van der Waals surface area contributed by atoms with E-state index in [9.17, 15) is 9.59 Å². The van der Waals surface area contributed by atoms with Gasteiger partial charge in [0.15, 0.2) is 17.6 Å². The first-order chi connectivity index (χ1) is 16.5. The molecule has 0 saturated heterocycles. The quantitative estimate of drug-likeness (QED) is 0.451. The summed E-state index contributed by atoms with van der Waals surface area (Å²) in [5, 5.41) is 2.01. The highest BCUT2D eigenvalue weighted by Gasteiger charge is 2.33. The Hall–Kier alpha value is -3.52. The molecule has 1 unspecified atom stereocenters. The van der Waals surface area contributed by atoms with Gasteiger partial charge in [-0.3, -0.25) is 14.5 Å². The Labute approximate surface area is 203 Å². The first kappa shape index (κ1) is 23.6. The van der Waals surface area contributed by atoms with E-state index in [-0.39, 0.29) is 18.4 Å². The van der Waals surface area contributed by atoms with Crippen LogP contribution in [0.1, 0.15) is 24.3 Å². The maximum atomic E-state index is 13.2. The maximum Gasteiger partial charge on any atom is 0.268 e. The van der Waals surface area contributed by atoms with Crippen LogP contribution in [-0.2, 0) is 22.7 Å². The van der Waals surface area contributed by atoms with Crippen LogP contribution in [0.15, 0.2) is 60.0 Å². The summed E-state index contributed by atoms with van der Waals surface area (Å²) >= 11 is 1.64. The standard InChI is InChI=1S/C26H28N2O5S/c1-4-27(25(29)16-28-21-9-5-6-10-22(21)33-18(2)26(28)30)15-19-11-12-23(24(14-19)31-3)32-17-20-8-7-13-34-20/h5-14,18H,4,15-17H2,1-3H3. The highest BCUT2D eigenvalue weighted by atomic mass is 32.1. The molecule has 2 aromatic carbocycles. The molecule has 2 heterocycles. The average molecular weight is 481 g/mol. The fraction of sp³-hybridized carbons (Fsp3) is 0.308. The van der Waals surface area contributed by atoms with Crippen molar-refractivity contribution in [2.24, 2.45) is 0 Å². The molecule has 4 rings (SSSR count). The molecule has 0 spiro atoms. The van der Waals surface area contributed by atoms with Crippen molar-refractivity contribution in [3.63, 3.8) is 0 Å². The molecule has 1 atom stereocenters. The molecular weight excluding hydrogens is 452 g/mol. The summed E-state index contributed by atoms with van der Waals surface area (Å²) in [6, 6.07) is 17.0. The molecule has 1 aliphatic rings. The van der Waals surface area contributed by atoms with Crippen molar-refractivity contribution in [2.45, 2.75) is 33.1 Å². The number of amides is 2. The Balaban J connectivity index is 1.45. The minimum atomic E-state index is -0.635. The summed E-state index contributed by atoms with van der Waals surface area (Å²) in [5.74, 6) is 1.50. The lowest BCUT2D eigenvalue weighted by atomic mass is 10.1. The highest BCUT2D eigenvalue weighted by Crippen LogP contribution is 2.34. The summed E-state index contributed by atoms with van der Waals surface area (Å²) < 4.78 is 17.1. The predicted molar refractivity (Wildman–Crippen MR) is 132 cm³/mol. The van der Waals surface area contributed by atoms with Crippen LogP contribution in [-0.4, -0.2) is 43.0 Å². The molecule has 0 fully saturated rings. The van der Waals surface area contributed by atoms with Gasteiger partial charge in [0, 0.05) is 18.0 Å². The molecule has 178 valence electrons. The molecule has 1 aromatic heterocycles. The van der Waals surface area contributed by atoms with Gasteiger partial charge in [0.1, 0.15) is 18.9 Å². The zero-order valence-corrected chi connectivity index (χ0v) is 20.3. The van der Waals surface area contributed by atoms with Crippen LogP contribution < -0.4 is 19.1 Å². The number of anilines is 1. The highest BCUT2D eigenvalue weighted by molar-refractivity contribution is 7.09. The number of hydrogen-bond donors (Lipinski definition) is 0. The normalized spacial score (nSPS) is 14.9. The summed E-state index contributed by atoms with van der Waals surface area (Å²) in [4.78, 5) is 30.3. The van der Waals surface area contributed by atoms with Crippen molar-refractivity contribution in [1.82, 2.24) is 4.90 Å². The minimum Gasteiger partial charge on any atom is -0.493 e. The molecule has 2 amide bonds. The van der Waals surface area contributed by atoms with Gasteiger partial charge in [-0.05, 0) is 55.1 Å². The number of carbonyl (C=O) groups excluding carboxylic acids is 2. The molecule has 3 aromatic rings. The van der Waals surface area contributed by atoms with E-state index in [4.69, 9.17) is 14.2 Å². The molecule has 0 N–H and O–H groups in total. The van der Waals surface area contributed by atoms with Gasteiger partial charge in [-0.2, -0.15) is 0 Å². The van der Waals surface area contributed by atoms with Crippen LogP contribution in [0.2, 0.25) is 0 Å². The monoisotopic (exact) mass is 480 g/mol. The van der Waals surface area contributed by atoms with Crippen molar-refractivity contribution in [1.29, 1.82) is 0 Å². The summed E-state index contributed by atoms with van der Waals surface area (Å²) in [6.45, 7) is 4.95. The number of ether oxygens (including phenoxy) is 3. The van der Waals surface area contributed by atoms with Gasteiger partial charge in [0.05, 0.1) is 12.8 Å². The van der Waals surface area contributed by atoms with Crippen LogP contribution in [0, 0.1) is 0 Å². The van der Waals surface area contributed by atoms with Crippen LogP contribution >= 0.6 is 11.3 Å². The lowest BCUT2D eigenvalue weighted by molar-refractivity contribution is -0.133. The van der Waals surface area contributed by atoms with Crippen LogP contribution in [0.25, 0.3) is 0 Å². The van der Waals surface area contributed by atoms with Crippen molar-refractivity contribution < 1.29 is 23.8 Å². The van der Waals surface area contributed by atoms with Crippen LogP contribution in [0.3, 0.4) is 0 Å².